The van der Waals surface area contributed by atoms with Crippen LogP contribution < -0.4 is 0 Å². The summed E-state index contributed by atoms with van der Waals surface area (Å²) in [5.41, 5.74) is 4.41. The predicted octanol–water partition coefficient (Wildman–Crippen LogP) is 5.79. The molecule has 0 saturated heterocycles. The van der Waals surface area contributed by atoms with E-state index < -0.39 is 0 Å². The second-order valence-electron chi connectivity index (χ2n) is 7.19. The van der Waals surface area contributed by atoms with E-state index in [0.717, 1.165) is 22.3 Å². The minimum atomic E-state index is -0.371. The first-order valence-electron chi connectivity index (χ1n) is 9.49. The molecule has 0 radical (unpaired) electrons. The van der Waals surface area contributed by atoms with Crippen molar-refractivity contribution in [2.24, 2.45) is 0 Å². The van der Waals surface area contributed by atoms with Crippen molar-refractivity contribution >= 4 is 24.2 Å². The number of benzene rings is 4. The van der Waals surface area contributed by atoms with Gasteiger partial charge in [-0.2, -0.15) is 0 Å². The van der Waals surface area contributed by atoms with Crippen LogP contribution in [0.2, 0.25) is 0 Å². The van der Waals surface area contributed by atoms with E-state index in [1.54, 1.807) is 12.1 Å². The summed E-state index contributed by atoms with van der Waals surface area (Å²) in [6, 6.07) is 26.0. The molecule has 0 aromatic heterocycles. The average molecular weight is 408 g/mol. The fourth-order valence-electron chi connectivity index (χ4n) is 4.00. The highest BCUT2D eigenvalue weighted by atomic mass is 32.1. The van der Waals surface area contributed by atoms with Crippen molar-refractivity contribution in [3.05, 3.63) is 107 Å². The van der Waals surface area contributed by atoms with Crippen molar-refractivity contribution in [3.63, 3.8) is 0 Å². The Balaban J connectivity index is 1.83. The van der Waals surface area contributed by atoms with E-state index in [4.69, 9.17) is 0 Å². The highest BCUT2D eigenvalue weighted by Gasteiger charge is 2.34. The van der Waals surface area contributed by atoms with Crippen LogP contribution in [0.4, 0.5) is 0 Å². The van der Waals surface area contributed by atoms with E-state index in [1.807, 2.05) is 60.7 Å². The van der Waals surface area contributed by atoms with Gasteiger partial charge in [-0.1, -0.05) is 60.7 Å². The minimum absolute atomic E-state index is 0.0199. The molecule has 0 atom stereocenters. The zero-order chi connectivity index (χ0) is 20.8. The number of phenolic OH excluding ortho intramolecular Hbond substituents is 1. The molecule has 1 aliphatic rings. The molecule has 0 amide bonds. The van der Waals surface area contributed by atoms with Crippen molar-refractivity contribution < 1.29 is 14.7 Å². The van der Waals surface area contributed by atoms with Crippen LogP contribution in [-0.2, 0) is 0 Å². The number of hydrogen-bond acceptors (Lipinski definition) is 4. The van der Waals surface area contributed by atoms with Gasteiger partial charge in [0.25, 0.3) is 0 Å². The van der Waals surface area contributed by atoms with E-state index in [-0.39, 0.29) is 28.4 Å². The number of thiol groups is 1. The van der Waals surface area contributed by atoms with Gasteiger partial charge >= 0.3 is 0 Å². The molecule has 0 aliphatic heterocycles. The molecule has 4 heteroatoms. The van der Waals surface area contributed by atoms with Crippen molar-refractivity contribution in [1.29, 1.82) is 0 Å². The van der Waals surface area contributed by atoms with Gasteiger partial charge in [0.05, 0.1) is 11.1 Å². The summed E-state index contributed by atoms with van der Waals surface area (Å²) in [5.74, 6) is -0.887. The van der Waals surface area contributed by atoms with Crippen molar-refractivity contribution in [2.75, 3.05) is 0 Å². The number of rotatable bonds is 2. The predicted molar refractivity (Wildman–Crippen MR) is 120 cm³/mol. The van der Waals surface area contributed by atoms with Gasteiger partial charge < -0.3 is 5.11 Å². The molecule has 0 fully saturated rings. The Morgan fingerprint density at radius 3 is 1.53 bits per heavy atom. The lowest BCUT2D eigenvalue weighted by Crippen LogP contribution is -2.22. The fourth-order valence-corrected chi connectivity index (χ4v) is 4.29. The number of phenols is 1. The quantitative estimate of drug-likeness (QED) is 0.364. The maximum absolute atomic E-state index is 13.3. The number of aromatic hydroxyl groups is 1. The summed E-state index contributed by atoms with van der Waals surface area (Å²) in [4.78, 5) is 27.0. The zero-order valence-electron chi connectivity index (χ0n) is 15.8. The Kier molecular flexibility index (Phi) is 4.30. The van der Waals surface area contributed by atoms with Crippen LogP contribution in [0, 0.1) is 0 Å². The lowest BCUT2D eigenvalue weighted by Gasteiger charge is -2.22. The molecular weight excluding hydrogens is 392 g/mol. The second-order valence-corrected chi connectivity index (χ2v) is 7.67. The van der Waals surface area contributed by atoms with Crippen LogP contribution >= 0.6 is 12.6 Å². The van der Waals surface area contributed by atoms with Gasteiger partial charge in [-0.05, 0) is 46.5 Å². The fraction of sp³-hybridized carbons (Fsp3) is 0. The summed E-state index contributed by atoms with van der Waals surface area (Å²) in [6.07, 6.45) is 0. The molecule has 4 aromatic rings. The van der Waals surface area contributed by atoms with Crippen molar-refractivity contribution in [2.45, 2.75) is 4.90 Å². The standard InChI is InChI=1S/C26H16O3S/c27-21-11-12-22(30)24-23(21)25(28)19-13-17(15-7-3-1-4-8-15)18(14-20(19)26(24)29)16-9-5-2-6-10-16/h1-14,27,30H. The number of fused-ring (bicyclic) bond motifs is 2. The molecule has 5 rings (SSSR count). The molecule has 1 N–H and O–H groups in total. The Morgan fingerprint density at radius 1 is 0.567 bits per heavy atom. The van der Waals surface area contributed by atoms with Gasteiger partial charge in [0, 0.05) is 16.0 Å². The summed E-state index contributed by atoms with van der Waals surface area (Å²) in [6.45, 7) is 0. The monoisotopic (exact) mass is 408 g/mol. The topological polar surface area (TPSA) is 54.4 Å². The molecule has 144 valence electrons. The molecule has 0 bridgehead atoms. The van der Waals surface area contributed by atoms with E-state index in [1.165, 1.54) is 12.1 Å². The largest absolute Gasteiger partial charge is 0.507 e. The first-order chi connectivity index (χ1) is 14.6. The van der Waals surface area contributed by atoms with E-state index in [2.05, 4.69) is 12.6 Å². The molecule has 1 aliphatic carbocycles. The number of carbonyl (C=O) groups excluding carboxylic acids is 2. The van der Waals surface area contributed by atoms with Crippen LogP contribution in [-0.4, -0.2) is 16.7 Å². The Hall–Kier alpha value is -3.63. The maximum atomic E-state index is 13.3. The van der Waals surface area contributed by atoms with Gasteiger partial charge in [0.2, 0.25) is 0 Å². The first-order valence-corrected chi connectivity index (χ1v) is 9.94. The zero-order valence-corrected chi connectivity index (χ0v) is 16.7. The van der Waals surface area contributed by atoms with Crippen LogP contribution in [0.15, 0.2) is 89.8 Å². The molecule has 30 heavy (non-hydrogen) atoms. The number of ketones is 2. The van der Waals surface area contributed by atoms with Gasteiger partial charge in [-0.15, -0.1) is 12.6 Å². The molecule has 0 saturated carbocycles. The molecule has 0 unspecified atom stereocenters. The summed E-state index contributed by atoms with van der Waals surface area (Å²) in [7, 11) is 0. The summed E-state index contributed by atoms with van der Waals surface area (Å²) in [5, 5.41) is 10.3. The third kappa shape index (κ3) is 2.77. The third-order valence-corrected chi connectivity index (χ3v) is 5.80. The molecule has 0 spiro atoms. The summed E-state index contributed by atoms with van der Waals surface area (Å²) < 4.78 is 0. The molecular formula is C26H16O3S. The highest BCUT2D eigenvalue weighted by molar-refractivity contribution is 7.80. The third-order valence-electron chi connectivity index (χ3n) is 5.43. The van der Waals surface area contributed by atoms with Gasteiger partial charge in [-0.3, -0.25) is 9.59 Å². The SMILES string of the molecule is O=C1c2cc(-c3ccccc3)c(-c3ccccc3)cc2C(=O)c2c(S)ccc(O)c21. The van der Waals surface area contributed by atoms with E-state index in [0.29, 0.717) is 16.0 Å². The molecule has 4 aromatic carbocycles. The smallest absolute Gasteiger partial charge is 0.198 e. The van der Waals surface area contributed by atoms with Crippen LogP contribution in [0.25, 0.3) is 22.3 Å². The molecule has 3 nitrogen and oxygen atoms in total. The lowest BCUT2D eigenvalue weighted by molar-refractivity contribution is 0.0974. The molecule has 0 heterocycles. The van der Waals surface area contributed by atoms with Gasteiger partial charge in [-0.25, -0.2) is 0 Å². The van der Waals surface area contributed by atoms with Crippen molar-refractivity contribution in [3.8, 4) is 28.0 Å². The Labute approximate surface area is 179 Å². The van der Waals surface area contributed by atoms with Gasteiger partial charge in [0.1, 0.15) is 5.75 Å². The average Bonchev–Trinajstić information content (AvgIpc) is 2.79. The minimum Gasteiger partial charge on any atom is -0.507 e. The van der Waals surface area contributed by atoms with Crippen LogP contribution in [0.3, 0.4) is 0 Å². The highest BCUT2D eigenvalue weighted by Crippen LogP contribution is 2.41. The first kappa shape index (κ1) is 18.4. The maximum Gasteiger partial charge on any atom is 0.198 e. The Morgan fingerprint density at radius 2 is 1.03 bits per heavy atom. The second kappa shape index (κ2) is 7.01. The van der Waals surface area contributed by atoms with E-state index in [9.17, 15) is 14.7 Å². The Bertz CT molecular complexity index is 1220. The lowest BCUT2D eigenvalue weighted by atomic mass is 9.80. The number of hydrogen-bond donors (Lipinski definition) is 2. The van der Waals surface area contributed by atoms with Crippen LogP contribution in [0.1, 0.15) is 31.8 Å². The van der Waals surface area contributed by atoms with Gasteiger partial charge in [0.15, 0.2) is 11.6 Å². The summed E-state index contributed by atoms with van der Waals surface area (Å²) >= 11 is 4.36. The number of carbonyl (C=O) groups is 2. The normalized spacial score (nSPS) is 12.4. The van der Waals surface area contributed by atoms with E-state index >= 15 is 0 Å². The van der Waals surface area contributed by atoms with Crippen molar-refractivity contribution in [1.82, 2.24) is 0 Å². The van der Waals surface area contributed by atoms with Crippen LogP contribution in [0.5, 0.6) is 5.75 Å².